The van der Waals surface area contributed by atoms with Crippen molar-refractivity contribution in [1.82, 2.24) is 0 Å². The fourth-order valence-electron chi connectivity index (χ4n) is 2.63. The molecule has 0 radical (unpaired) electrons. The van der Waals surface area contributed by atoms with Crippen LogP contribution in [-0.2, 0) is 9.53 Å². The van der Waals surface area contributed by atoms with Gasteiger partial charge in [-0.05, 0) is 30.7 Å². The number of unbranched alkanes of at least 4 members (excludes halogenated alkanes) is 5. The second-order valence-corrected chi connectivity index (χ2v) is 7.20. The molecule has 0 atom stereocenters. The Labute approximate surface area is 169 Å². The zero-order chi connectivity index (χ0) is 19.5. The maximum Gasteiger partial charge on any atom is 0.349 e. The van der Waals surface area contributed by atoms with Crippen LogP contribution in [0.1, 0.15) is 51.2 Å². The number of ether oxygens (including phenoxy) is 1. The van der Waals surface area contributed by atoms with Crippen LogP contribution in [0.4, 0.5) is 0 Å². The van der Waals surface area contributed by atoms with Crippen LogP contribution < -0.4 is 0 Å². The van der Waals surface area contributed by atoms with E-state index in [-0.39, 0.29) is 5.57 Å². The fourth-order valence-corrected chi connectivity index (χ4v) is 3.03. The van der Waals surface area contributed by atoms with E-state index in [1.54, 1.807) is 6.07 Å². The minimum absolute atomic E-state index is 0.0591. The molecule has 0 amide bonds. The first-order valence-electron chi connectivity index (χ1n) is 9.28. The van der Waals surface area contributed by atoms with Gasteiger partial charge in [-0.2, -0.15) is 5.26 Å². The summed E-state index contributed by atoms with van der Waals surface area (Å²) in [5, 5.41) is 9.25. The van der Waals surface area contributed by atoms with Crippen LogP contribution >= 0.6 is 15.9 Å². The first kappa shape index (κ1) is 21.0. The van der Waals surface area contributed by atoms with Crippen molar-refractivity contribution >= 4 is 28.0 Å². The fraction of sp³-hybridized carbons (Fsp3) is 0.364. The van der Waals surface area contributed by atoms with Crippen molar-refractivity contribution in [2.45, 2.75) is 45.4 Å². The normalized spacial score (nSPS) is 11.2. The van der Waals surface area contributed by atoms with Gasteiger partial charge in [-0.3, -0.25) is 0 Å². The van der Waals surface area contributed by atoms with Crippen LogP contribution in [0.5, 0.6) is 0 Å². The summed E-state index contributed by atoms with van der Waals surface area (Å²) >= 11 is 3.43. The van der Waals surface area contributed by atoms with E-state index in [1.165, 1.54) is 25.3 Å². The van der Waals surface area contributed by atoms with Gasteiger partial charge in [0.2, 0.25) is 0 Å². The third-order valence-corrected chi connectivity index (χ3v) is 4.59. The molecule has 0 saturated heterocycles. The molecule has 1 aromatic carbocycles. The molecule has 2 rings (SSSR count). The molecule has 0 N–H and O–H groups in total. The summed E-state index contributed by atoms with van der Waals surface area (Å²) < 4.78 is 11.9. The number of nitrogens with zero attached hydrogens (tertiary/aromatic N) is 1. The number of carbonyl (C=O) groups is 1. The molecule has 0 aliphatic rings. The summed E-state index contributed by atoms with van der Waals surface area (Å²) in [5.41, 5.74) is 0.851. The monoisotopic (exact) mass is 429 g/mol. The van der Waals surface area contributed by atoms with Gasteiger partial charge in [-0.25, -0.2) is 4.79 Å². The summed E-state index contributed by atoms with van der Waals surface area (Å²) in [4.78, 5) is 12.1. The van der Waals surface area contributed by atoms with E-state index in [0.717, 1.165) is 29.3 Å². The average Bonchev–Trinajstić information content (AvgIpc) is 3.14. The molecule has 0 spiro atoms. The van der Waals surface area contributed by atoms with Gasteiger partial charge < -0.3 is 9.15 Å². The smallest absolute Gasteiger partial charge is 0.349 e. The zero-order valence-electron chi connectivity index (χ0n) is 15.5. The van der Waals surface area contributed by atoms with E-state index in [2.05, 4.69) is 22.9 Å². The number of rotatable bonds is 10. The number of furan rings is 1. The molecule has 4 nitrogen and oxygen atoms in total. The van der Waals surface area contributed by atoms with Gasteiger partial charge in [-0.15, -0.1) is 0 Å². The minimum atomic E-state index is -0.605. The minimum Gasteiger partial charge on any atom is -0.462 e. The highest BCUT2D eigenvalue weighted by Gasteiger charge is 2.12. The number of benzene rings is 1. The topological polar surface area (TPSA) is 63.2 Å². The summed E-state index contributed by atoms with van der Waals surface area (Å²) in [6.45, 7) is 2.52. The van der Waals surface area contributed by atoms with Gasteiger partial charge in [0, 0.05) is 16.1 Å². The number of nitriles is 1. The predicted octanol–water partition coefficient (Wildman–Crippen LogP) is 6.52. The SMILES string of the molecule is CCCCCCCCOC(=O)C(C#N)=Cc1ccc(-c2cccc(Br)c2)o1. The zero-order valence-corrected chi connectivity index (χ0v) is 17.1. The lowest BCUT2D eigenvalue weighted by atomic mass is 10.1. The Balaban J connectivity index is 1.90. The molecule has 1 heterocycles. The largest absolute Gasteiger partial charge is 0.462 e. The van der Waals surface area contributed by atoms with Gasteiger partial charge in [0.25, 0.3) is 0 Å². The number of hydrogen-bond acceptors (Lipinski definition) is 4. The Hall–Kier alpha value is -2.32. The summed E-state index contributed by atoms with van der Waals surface area (Å²) in [5.74, 6) is 0.504. The molecule has 0 aliphatic carbocycles. The summed E-state index contributed by atoms with van der Waals surface area (Å²) in [6, 6.07) is 13.1. The molecule has 0 saturated carbocycles. The lowest BCUT2D eigenvalue weighted by molar-refractivity contribution is -0.138. The predicted molar refractivity (Wildman–Crippen MR) is 110 cm³/mol. The highest BCUT2D eigenvalue weighted by atomic mass is 79.9. The van der Waals surface area contributed by atoms with E-state index >= 15 is 0 Å². The van der Waals surface area contributed by atoms with Crippen LogP contribution in [-0.4, -0.2) is 12.6 Å². The Bertz CT molecular complexity index is 817. The Kier molecular flexibility index (Phi) is 8.86. The van der Waals surface area contributed by atoms with Gasteiger partial charge in [-0.1, -0.05) is 67.1 Å². The maximum absolute atomic E-state index is 12.1. The first-order chi connectivity index (χ1) is 13.1. The van der Waals surface area contributed by atoms with Crippen LogP contribution in [0.15, 0.2) is 50.9 Å². The number of hydrogen-bond donors (Lipinski definition) is 0. The van der Waals surface area contributed by atoms with Gasteiger partial charge in [0.15, 0.2) is 0 Å². The maximum atomic E-state index is 12.1. The standard InChI is InChI=1S/C22H24BrNO3/c1-2-3-4-5-6-7-13-26-22(25)18(16-24)15-20-11-12-21(27-20)17-9-8-10-19(23)14-17/h8-12,14-15H,2-7,13H2,1H3. The molecule has 27 heavy (non-hydrogen) atoms. The summed E-state index contributed by atoms with van der Waals surface area (Å²) in [6.07, 6.45) is 8.09. The molecule has 142 valence electrons. The Morgan fingerprint density at radius 3 is 2.70 bits per heavy atom. The Morgan fingerprint density at radius 2 is 1.96 bits per heavy atom. The second-order valence-electron chi connectivity index (χ2n) is 6.29. The van der Waals surface area contributed by atoms with Crippen molar-refractivity contribution in [1.29, 1.82) is 5.26 Å². The van der Waals surface area contributed by atoms with Crippen molar-refractivity contribution in [3.8, 4) is 17.4 Å². The van der Waals surface area contributed by atoms with Crippen LogP contribution in [0, 0.1) is 11.3 Å². The third kappa shape index (κ3) is 7.07. The van der Waals surface area contributed by atoms with Crippen molar-refractivity contribution in [2.24, 2.45) is 0 Å². The van der Waals surface area contributed by atoms with E-state index in [0.29, 0.717) is 18.1 Å². The second kappa shape index (κ2) is 11.4. The van der Waals surface area contributed by atoms with Crippen LogP contribution in [0.3, 0.4) is 0 Å². The molecule has 0 bridgehead atoms. The number of carbonyl (C=O) groups excluding carboxylic acids is 1. The van der Waals surface area contributed by atoms with Crippen molar-refractivity contribution < 1.29 is 13.9 Å². The molecule has 1 aromatic heterocycles. The average molecular weight is 430 g/mol. The number of esters is 1. The molecule has 5 heteroatoms. The lowest BCUT2D eigenvalue weighted by Crippen LogP contribution is -2.07. The highest BCUT2D eigenvalue weighted by Crippen LogP contribution is 2.26. The Morgan fingerprint density at radius 1 is 1.19 bits per heavy atom. The summed E-state index contributed by atoms with van der Waals surface area (Å²) in [7, 11) is 0. The first-order valence-corrected chi connectivity index (χ1v) is 10.1. The molecule has 0 fully saturated rings. The molecule has 2 aromatic rings. The van der Waals surface area contributed by atoms with E-state index in [9.17, 15) is 10.1 Å². The lowest BCUT2D eigenvalue weighted by Gasteiger charge is -2.03. The van der Waals surface area contributed by atoms with Crippen LogP contribution in [0.2, 0.25) is 0 Å². The van der Waals surface area contributed by atoms with Crippen molar-refractivity contribution in [2.75, 3.05) is 6.61 Å². The molecule has 0 aliphatic heterocycles. The highest BCUT2D eigenvalue weighted by molar-refractivity contribution is 9.10. The number of halogens is 1. The molecular formula is C22H24BrNO3. The van der Waals surface area contributed by atoms with Gasteiger partial charge in [0.05, 0.1) is 6.61 Å². The molecular weight excluding hydrogens is 406 g/mol. The van der Waals surface area contributed by atoms with E-state index < -0.39 is 5.97 Å². The van der Waals surface area contributed by atoms with E-state index in [4.69, 9.17) is 9.15 Å². The van der Waals surface area contributed by atoms with Gasteiger partial charge in [0.1, 0.15) is 23.2 Å². The quantitative estimate of drug-likeness (QED) is 0.186. The molecule has 0 unspecified atom stereocenters. The van der Waals surface area contributed by atoms with E-state index in [1.807, 2.05) is 36.4 Å². The van der Waals surface area contributed by atoms with Gasteiger partial charge >= 0.3 is 5.97 Å². The van der Waals surface area contributed by atoms with Crippen LogP contribution in [0.25, 0.3) is 17.4 Å². The van der Waals surface area contributed by atoms with Crippen molar-refractivity contribution in [3.63, 3.8) is 0 Å². The van der Waals surface area contributed by atoms with Crippen molar-refractivity contribution in [3.05, 3.63) is 52.2 Å². The third-order valence-electron chi connectivity index (χ3n) is 4.09.